The average molecular weight is 536 g/mol. The number of thiazole rings is 1. The van der Waals surface area contributed by atoms with Crippen molar-refractivity contribution >= 4 is 32.2 Å². The van der Waals surface area contributed by atoms with Crippen LogP contribution in [0.3, 0.4) is 0 Å². The highest BCUT2D eigenvalue weighted by Gasteiger charge is 2.35. The first-order chi connectivity index (χ1) is 17.4. The van der Waals surface area contributed by atoms with Gasteiger partial charge in [0.2, 0.25) is 5.91 Å². The van der Waals surface area contributed by atoms with Crippen LogP contribution in [0.25, 0.3) is 11.3 Å². The second kappa shape index (κ2) is 14.1. The van der Waals surface area contributed by atoms with Gasteiger partial charge in [0.1, 0.15) is 5.75 Å². The van der Waals surface area contributed by atoms with Crippen molar-refractivity contribution in [3.63, 3.8) is 0 Å². The molecule has 2 aromatic rings. The fourth-order valence-corrected chi connectivity index (χ4v) is 8.04. The van der Waals surface area contributed by atoms with E-state index in [1.165, 1.54) is 11.3 Å². The molecule has 2 heterocycles. The summed E-state index contributed by atoms with van der Waals surface area (Å²) in [5, 5.41) is 5.04. The number of sulfone groups is 1. The Labute approximate surface area is 220 Å². The number of carbonyl (C=O) groups is 1. The molecule has 0 bridgehead atoms. The lowest BCUT2D eigenvalue weighted by Gasteiger charge is -2.33. The predicted octanol–water partition coefficient (Wildman–Crippen LogP) is 5.78. The van der Waals surface area contributed by atoms with E-state index in [1.54, 1.807) is 7.11 Å². The Morgan fingerprint density at radius 1 is 1.14 bits per heavy atom. The summed E-state index contributed by atoms with van der Waals surface area (Å²) < 4.78 is 31.6. The van der Waals surface area contributed by atoms with E-state index in [4.69, 9.17) is 4.74 Å². The van der Waals surface area contributed by atoms with Gasteiger partial charge < -0.3 is 15.0 Å². The van der Waals surface area contributed by atoms with Crippen molar-refractivity contribution < 1.29 is 17.9 Å². The number of nitrogens with zero attached hydrogens (tertiary/aromatic N) is 2. The quantitative estimate of drug-likeness (QED) is 0.330. The van der Waals surface area contributed by atoms with Gasteiger partial charge in [-0.1, -0.05) is 33.1 Å². The second-order valence-corrected chi connectivity index (χ2v) is 13.0. The molecule has 200 valence electrons. The van der Waals surface area contributed by atoms with Crippen LogP contribution in [0, 0.1) is 0 Å². The van der Waals surface area contributed by atoms with Crippen molar-refractivity contribution in [2.75, 3.05) is 32.1 Å². The van der Waals surface area contributed by atoms with Gasteiger partial charge in [0.05, 0.1) is 23.3 Å². The van der Waals surface area contributed by atoms with Crippen molar-refractivity contribution in [2.24, 2.45) is 0 Å². The normalized spacial score (nSPS) is 16.1. The van der Waals surface area contributed by atoms with Crippen LogP contribution < -0.4 is 10.1 Å². The summed E-state index contributed by atoms with van der Waals surface area (Å²) in [4.78, 5) is 19.3. The van der Waals surface area contributed by atoms with Crippen LogP contribution in [-0.2, 0) is 14.6 Å². The van der Waals surface area contributed by atoms with Crippen LogP contribution in [0.4, 0.5) is 5.13 Å². The fraction of sp³-hybridized carbons (Fsp3) is 0.630. The summed E-state index contributed by atoms with van der Waals surface area (Å²) >= 11 is 1.42. The molecule has 9 heteroatoms. The summed E-state index contributed by atoms with van der Waals surface area (Å²) in [5.41, 5.74) is 1.80. The topological polar surface area (TPSA) is 88.6 Å². The molecule has 1 N–H and O–H groups in total. The highest BCUT2D eigenvalue weighted by atomic mass is 32.2. The third-order valence-electron chi connectivity index (χ3n) is 6.97. The third-order valence-corrected chi connectivity index (χ3v) is 10.5. The molecule has 1 fully saturated rings. The Balaban J connectivity index is 1.39. The molecular formula is C27H41N3O4S2. The van der Waals surface area contributed by atoms with Crippen LogP contribution in [0.5, 0.6) is 5.75 Å². The van der Waals surface area contributed by atoms with E-state index < -0.39 is 9.84 Å². The standard InChI is InChI=1S/C27H41N3O4S2/c1-4-6-9-23(8-5-2)36(32,33)24-15-18-30(19-16-24)17-7-10-26(31)29-27-28-25(20-35-27)21-11-13-22(34-3)14-12-21/h11-14,20,23-24H,4-10,15-19H2,1-3H3,(H,28,29,31). The van der Waals surface area contributed by atoms with Gasteiger partial charge in [0.15, 0.2) is 15.0 Å². The number of piperidine rings is 1. The van der Waals surface area contributed by atoms with Gasteiger partial charge in [-0.05, 0) is 76.0 Å². The van der Waals surface area contributed by atoms with Crippen LogP contribution >= 0.6 is 11.3 Å². The molecule has 1 aromatic heterocycles. The molecule has 7 nitrogen and oxygen atoms in total. The monoisotopic (exact) mass is 535 g/mol. The van der Waals surface area contributed by atoms with Crippen LogP contribution in [-0.4, -0.2) is 61.5 Å². The van der Waals surface area contributed by atoms with Crippen LogP contribution in [0.15, 0.2) is 29.6 Å². The van der Waals surface area contributed by atoms with Crippen LogP contribution in [0.1, 0.15) is 71.6 Å². The van der Waals surface area contributed by atoms with Gasteiger partial charge in [-0.3, -0.25) is 4.79 Å². The Morgan fingerprint density at radius 3 is 2.50 bits per heavy atom. The highest BCUT2D eigenvalue weighted by molar-refractivity contribution is 7.92. The SMILES string of the molecule is CCCCC(CCC)S(=O)(=O)C1CCN(CCCC(=O)Nc2nc(-c3ccc(OC)cc3)cs2)CC1. The number of anilines is 1. The molecule has 3 rings (SSSR count). The molecule has 36 heavy (non-hydrogen) atoms. The maximum Gasteiger partial charge on any atom is 0.226 e. The summed E-state index contributed by atoms with van der Waals surface area (Å²) in [6, 6.07) is 7.68. The van der Waals surface area contributed by atoms with Crippen molar-refractivity contribution in [3.05, 3.63) is 29.6 Å². The van der Waals surface area contributed by atoms with Crippen molar-refractivity contribution in [3.8, 4) is 17.0 Å². The number of unbranched alkanes of at least 4 members (excludes halogenated alkanes) is 1. The molecule has 0 spiro atoms. The molecular weight excluding hydrogens is 494 g/mol. The maximum absolute atomic E-state index is 13.2. The fourth-order valence-electron chi connectivity index (χ4n) is 4.83. The van der Waals surface area contributed by atoms with E-state index in [0.717, 1.165) is 75.2 Å². The van der Waals surface area contributed by atoms with E-state index >= 15 is 0 Å². The Bertz CT molecular complexity index is 1050. The molecule has 1 saturated heterocycles. The number of aromatic nitrogens is 1. The van der Waals surface area contributed by atoms with Gasteiger partial charge >= 0.3 is 0 Å². The lowest BCUT2D eigenvalue weighted by atomic mass is 10.1. The minimum absolute atomic E-state index is 0.0403. The summed E-state index contributed by atoms with van der Waals surface area (Å²) in [6.07, 6.45) is 7.07. The van der Waals surface area contributed by atoms with Crippen molar-refractivity contribution in [1.82, 2.24) is 9.88 Å². The van der Waals surface area contributed by atoms with Crippen molar-refractivity contribution in [1.29, 1.82) is 0 Å². The first-order valence-corrected chi connectivity index (χ1v) is 15.7. The number of nitrogens with one attached hydrogen (secondary N) is 1. The molecule has 1 aromatic carbocycles. The van der Waals surface area contributed by atoms with Gasteiger partial charge in [-0.15, -0.1) is 11.3 Å². The average Bonchev–Trinajstić information content (AvgIpc) is 3.35. The van der Waals surface area contributed by atoms with E-state index in [0.29, 0.717) is 24.4 Å². The Kier molecular flexibility index (Phi) is 11.2. The molecule has 1 atom stereocenters. The number of carbonyl (C=O) groups excluding carboxylic acids is 1. The minimum atomic E-state index is -3.08. The zero-order valence-corrected chi connectivity index (χ0v) is 23.5. The van der Waals surface area contributed by atoms with E-state index in [2.05, 4.69) is 29.0 Å². The number of rotatable bonds is 14. The molecule has 0 radical (unpaired) electrons. The molecule has 1 aliphatic rings. The number of hydrogen-bond acceptors (Lipinski definition) is 7. The second-order valence-electron chi connectivity index (χ2n) is 9.60. The first-order valence-electron chi connectivity index (χ1n) is 13.2. The van der Waals surface area contributed by atoms with Gasteiger partial charge in [-0.25, -0.2) is 13.4 Å². The van der Waals surface area contributed by atoms with E-state index in [-0.39, 0.29) is 16.4 Å². The lowest BCUT2D eigenvalue weighted by molar-refractivity contribution is -0.116. The maximum atomic E-state index is 13.2. The summed E-state index contributed by atoms with van der Waals surface area (Å²) in [6.45, 7) is 6.57. The van der Waals surface area contributed by atoms with Gasteiger partial charge in [0, 0.05) is 17.4 Å². The Morgan fingerprint density at radius 2 is 1.86 bits per heavy atom. The molecule has 0 saturated carbocycles. The highest BCUT2D eigenvalue weighted by Crippen LogP contribution is 2.28. The lowest BCUT2D eigenvalue weighted by Crippen LogP contribution is -2.42. The number of hydrogen-bond donors (Lipinski definition) is 1. The first kappa shape index (κ1) is 28.6. The summed E-state index contributed by atoms with van der Waals surface area (Å²) in [5.74, 6) is 0.752. The zero-order chi connectivity index (χ0) is 26.0. The number of amides is 1. The minimum Gasteiger partial charge on any atom is -0.497 e. The van der Waals surface area contributed by atoms with Gasteiger partial charge in [0.25, 0.3) is 0 Å². The smallest absolute Gasteiger partial charge is 0.226 e. The molecule has 1 unspecified atom stereocenters. The number of likely N-dealkylation sites (tertiary alicyclic amines) is 1. The van der Waals surface area contributed by atoms with Gasteiger partial charge in [-0.2, -0.15) is 0 Å². The van der Waals surface area contributed by atoms with E-state index in [1.807, 2.05) is 29.6 Å². The zero-order valence-electron chi connectivity index (χ0n) is 21.9. The number of methoxy groups -OCH3 is 1. The molecule has 1 aliphatic heterocycles. The van der Waals surface area contributed by atoms with Crippen LogP contribution in [0.2, 0.25) is 0 Å². The Hall–Kier alpha value is -1.97. The largest absolute Gasteiger partial charge is 0.497 e. The summed E-state index contributed by atoms with van der Waals surface area (Å²) in [7, 11) is -1.44. The number of ether oxygens (including phenoxy) is 1. The predicted molar refractivity (Wildman–Crippen MR) is 149 cm³/mol. The molecule has 0 aliphatic carbocycles. The van der Waals surface area contributed by atoms with Crippen molar-refractivity contribution in [2.45, 2.75) is 82.1 Å². The molecule has 1 amide bonds. The van der Waals surface area contributed by atoms with E-state index in [9.17, 15) is 13.2 Å². The number of benzene rings is 1. The third kappa shape index (κ3) is 8.02.